The smallest absolute Gasteiger partial charge is 0.251 e. The van der Waals surface area contributed by atoms with Gasteiger partial charge in [-0.3, -0.25) is 14.0 Å². The predicted octanol–water partition coefficient (Wildman–Crippen LogP) is 4.85. The molecule has 164 valence electrons. The maximum absolute atomic E-state index is 12.8. The molecule has 0 radical (unpaired) electrons. The summed E-state index contributed by atoms with van der Waals surface area (Å²) in [6.07, 6.45) is 7.24. The molecule has 2 aromatic heterocycles. The van der Waals surface area contributed by atoms with Gasteiger partial charge >= 0.3 is 0 Å². The molecule has 2 heterocycles. The molecule has 0 aliphatic heterocycles. The lowest BCUT2D eigenvalue weighted by Gasteiger charge is -2.06. The van der Waals surface area contributed by atoms with Gasteiger partial charge < -0.3 is 10.6 Å². The molecule has 6 heteroatoms. The van der Waals surface area contributed by atoms with E-state index in [-0.39, 0.29) is 11.8 Å². The maximum Gasteiger partial charge on any atom is 0.251 e. The number of imidazole rings is 1. The molecule has 0 bridgehead atoms. The molecule has 0 spiro atoms. The first kappa shape index (κ1) is 20.7. The monoisotopic (exact) mass is 436 g/mol. The fraction of sp³-hybridized carbons (Fsp3) is 0.148. The van der Waals surface area contributed by atoms with Crippen LogP contribution in [-0.4, -0.2) is 27.2 Å². The molecule has 0 saturated heterocycles. The highest BCUT2D eigenvalue weighted by molar-refractivity contribution is 6.03. The fourth-order valence-electron chi connectivity index (χ4n) is 3.64. The lowest BCUT2D eigenvalue weighted by Crippen LogP contribution is -2.25. The number of hydrogen-bond donors (Lipinski definition) is 2. The van der Waals surface area contributed by atoms with Gasteiger partial charge in [0.1, 0.15) is 17.2 Å². The van der Waals surface area contributed by atoms with E-state index in [1.165, 1.54) is 6.08 Å². The van der Waals surface area contributed by atoms with E-state index >= 15 is 0 Å². The molecule has 2 amide bonds. The van der Waals surface area contributed by atoms with Gasteiger partial charge in [0.15, 0.2) is 0 Å². The van der Waals surface area contributed by atoms with Crippen LogP contribution in [-0.2, 0) is 4.79 Å². The van der Waals surface area contributed by atoms with Gasteiger partial charge in [-0.05, 0) is 61.2 Å². The number of carbonyl (C=O) groups excluding carboxylic acids is 2. The van der Waals surface area contributed by atoms with E-state index in [0.29, 0.717) is 23.1 Å². The molecule has 0 atom stereocenters. The molecule has 2 aromatic carbocycles. The lowest BCUT2D eigenvalue weighted by atomic mass is 10.1. The molecule has 6 nitrogen and oxygen atoms in total. The second kappa shape index (κ2) is 8.74. The summed E-state index contributed by atoms with van der Waals surface area (Å²) in [4.78, 5) is 29.7. The Hall–Kier alpha value is -4.19. The van der Waals surface area contributed by atoms with Gasteiger partial charge in [-0.25, -0.2) is 4.98 Å². The average Bonchev–Trinajstić information content (AvgIpc) is 3.58. The average molecular weight is 437 g/mol. The minimum atomic E-state index is -0.259. The van der Waals surface area contributed by atoms with Gasteiger partial charge in [0.05, 0.1) is 0 Å². The number of anilines is 1. The highest BCUT2D eigenvalue weighted by Crippen LogP contribution is 2.29. The van der Waals surface area contributed by atoms with Crippen molar-refractivity contribution in [1.29, 1.82) is 0 Å². The van der Waals surface area contributed by atoms with E-state index in [1.807, 2.05) is 72.1 Å². The van der Waals surface area contributed by atoms with E-state index in [9.17, 15) is 9.59 Å². The maximum atomic E-state index is 12.8. The molecule has 1 fully saturated rings. The Morgan fingerprint density at radius 1 is 1.03 bits per heavy atom. The Bertz CT molecular complexity index is 1350. The minimum Gasteiger partial charge on any atom is -0.349 e. The minimum absolute atomic E-state index is 0.0536. The van der Waals surface area contributed by atoms with Crippen molar-refractivity contribution in [1.82, 2.24) is 14.7 Å². The Morgan fingerprint density at radius 2 is 1.79 bits per heavy atom. The highest BCUT2D eigenvalue weighted by Gasteiger charge is 2.23. The summed E-state index contributed by atoms with van der Waals surface area (Å²) in [6, 6.07) is 21.3. The summed E-state index contributed by atoms with van der Waals surface area (Å²) >= 11 is 0. The quantitative estimate of drug-likeness (QED) is 0.424. The van der Waals surface area contributed by atoms with Crippen molar-refractivity contribution >= 4 is 29.4 Å². The molecular weight excluding hydrogens is 412 g/mol. The van der Waals surface area contributed by atoms with E-state index in [2.05, 4.69) is 10.6 Å². The van der Waals surface area contributed by atoms with Crippen LogP contribution in [0.4, 0.5) is 5.82 Å². The van der Waals surface area contributed by atoms with Crippen LogP contribution in [0.2, 0.25) is 0 Å². The summed E-state index contributed by atoms with van der Waals surface area (Å²) in [5.41, 5.74) is 4.97. The number of aryl methyl sites for hydroxylation is 1. The molecular formula is C27H24N4O2. The number of fused-ring (bicyclic) bond motifs is 1. The van der Waals surface area contributed by atoms with Gasteiger partial charge in [-0.1, -0.05) is 42.5 Å². The molecule has 0 unspecified atom stereocenters. The Kier molecular flexibility index (Phi) is 5.48. The first-order chi connectivity index (χ1) is 16.1. The van der Waals surface area contributed by atoms with Crippen LogP contribution in [0.1, 0.15) is 34.3 Å². The SMILES string of the molecule is Cc1ccn2c(NC(=O)C=Cc3ccc(C(=O)NC4CC4)cc3)c(-c3ccccc3)nc2c1. The number of hydrogen-bond acceptors (Lipinski definition) is 3. The van der Waals surface area contributed by atoms with Crippen LogP contribution in [0.5, 0.6) is 0 Å². The van der Waals surface area contributed by atoms with E-state index < -0.39 is 0 Å². The van der Waals surface area contributed by atoms with Crippen molar-refractivity contribution in [2.45, 2.75) is 25.8 Å². The van der Waals surface area contributed by atoms with Gasteiger partial charge in [0, 0.05) is 29.4 Å². The number of nitrogens with zero attached hydrogens (tertiary/aromatic N) is 2. The van der Waals surface area contributed by atoms with Crippen LogP contribution in [0.25, 0.3) is 23.0 Å². The third-order valence-electron chi connectivity index (χ3n) is 5.58. The predicted molar refractivity (Wildman–Crippen MR) is 130 cm³/mol. The molecule has 5 rings (SSSR count). The molecule has 1 saturated carbocycles. The normalized spacial score (nSPS) is 13.4. The van der Waals surface area contributed by atoms with Crippen molar-refractivity contribution in [2.24, 2.45) is 0 Å². The topological polar surface area (TPSA) is 75.5 Å². The zero-order valence-corrected chi connectivity index (χ0v) is 18.3. The number of benzene rings is 2. The standard InChI is InChI=1S/C27H24N4O2/c1-18-15-16-31-23(17-18)29-25(20-5-3-2-4-6-20)26(31)30-24(32)14-9-19-7-10-21(11-8-19)27(33)28-22-12-13-22/h2-11,14-17,22H,12-13H2,1H3,(H,28,33)(H,30,32). The Balaban J connectivity index is 1.35. The second-order valence-electron chi connectivity index (χ2n) is 8.30. The van der Waals surface area contributed by atoms with Crippen LogP contribution in [0, 0.1) is 6.92 Å². The summed E-state index contributed by atoms with van der Waals surface area (Å²) in [5, 5.41) is 5.96. The van der Waals surface area contributed by atoms with E-state index in [0.717, 1.165) is 35.2 Å². The zero-order valence-electron chi connectivity index (χ0n) is 18.3. The Labute approximate surface area is 192 Å². The van der Waals surface area contributed by atoms with Gasteiger partial charge in [0.2, 0.25) is 5.91 Å². The fourth-order valence-corrected chi connectivity index (χ4v) is 3.64. The molecule has 4 aromatic rings. The summed E-state index contributed by atoms with van der Waals surface area (Å²) in [7, 11) is 0. The largest absolute Gasteiger partial charge is 0.349 e. The first-order valence-corrected chi connectivity index (χ1v) is 11.0. The third-order valence-corrected chi connectivity index (χ3v) is 5.58. The van der Waals surface area contributed by atoms with E-state index in [1.54, 1.807) is 18.2 Å². The summed E-state index contributed by atoms with van der Waals surface area (Å²) < 4.78 is 1.88. The number of rotatable bonds is 6. The zero-order chi connectivity index (χ0) is 22.8. The van der Waals surface area contributed by atoms with Gasteiger partial charge in [-0.15, -0.1) is 0 Å². The van der Waals surface area contributed by atoms with Crippen LogP contribution >= 0.6 is 0 Å². The van der Waals surface area contributed by atoms with Crippen molar-refractivity contribution in [3.63, 3.8) is 0 Å². The number of nitrogens with one attached hydrogen (secondary N) is 2. The second-order valence-corrected chi connectivity index (χ2v) is 8.30. The summed E-state index contributed by atoms with van der Waals surface area (Å²) in [6.45, 7) is 2.01. The van der Waals surface area contributed by atoms with Crippen LogP contribution in [0.15, 0.2) is 79.0 Å². The van der Waals surface area contributed by atoms with Crippen molar-refractivity contribution < 1.29 is 9.59 Å². The van der Waals surface area contributed by atoms with E-state index in [4.69, 9.17) is 4.98 Å². The van der Waals surface area contributed by atoms with Crippen molar-refractivity contribution in [3.05, 3.63) is 95.7 Å². The number of pyridine rings is 1. The lowest BCUT2D eigenvalue weighted by molar-refractivity contribution is -0.111. The van der Waals surface area contributed by atoms with Crippen molar-refractivity contribution in [3.8, 4) is 11.3 Å². The van der Waals surface area contributed by atoms with Gasteiger partial charge in [0.25, 0.3) is 5.91 Å². The molecule has 2 N–H and O–H groups in total. The molecule has 33 heavy (non-hydrogen) atoms. The molecule has 1 aliphatic carbocycles. The first-order valence-electron chi connectivity index (χ1n) is 11.0. The number of aromatic nitrogens is 2. The Morgan fingerprint density at radius 3 is 2.52 bits per heavy atom. The van der Waals surface area contributed by atoms with Gasteiger partial charge in [-0.2, -0.15) is 0 Å². The van der Waals surface area contributed by atoms with Crippen LogP contribution in [0.3, 0.4) is 0 Å². The number of amides is 2. The highest BCUT2D eigenvalue weighted by atomic mass is 16.2. The number of carbonyl (C=O) groups is 2. The van der Waals surface area contributed by atoms with Crippen LogP contribution < -0.4 is 10.6 Å². The van der Waals surface area contributed by atoms with Crippen molar-refractivity contribution in [2.75, 3.05) is 5.32 Å². The summed E-state index contributed by atoms with van der Waals surface area (Å²) in [5.74, 6) is 0.310. The molecule has 1 aliphatic rings. The third kappa shape index (κ3) is 4.70.